The van der Waals surface area contributed by atoms with Crippen molar-refractivity contribution >= 4 is 31.0 Å². The van der Waals surface area contributed by atoms with Gasteiger partial charge in [-0.05, 0) is 29.0 Å². The highest BCUT2D eigenvalue weighted by Gasteiger charge is 2.09. The van der Waals surface area contributed by atoms with Crippen LogP contribution in [0.3, 0.4) is 0 Å². The Morgan fingerprint density at radius 3 is 2.06 bits per heavy atom. The Bertz CT molecular complexity index is 821. The van der Waals surface area contributed by atoms with E-state index in [4.69, 9.17) is 0 Å². The van der Waals surface area contributed by atoms with Crippen LogP contribution in [0.25, 0.3) is 10.8 Å². The molecule has 6 nitrogen and oxygen atoms in total. The van der Waals surface area contributed by atoms with Crippen LogP contribution in [0.2, 0.25) is 0 Å². The second kappa shape index (κ2) is 4.02. The Morgan fingerprint density at radius 1 is 0.833 bits per heavy atom. The van der Waals surface area contributed by atoms with Crippen molar-refractivity contribution in [3.8, 4) is 0 Å². The van der Waals surface area contributed by atoms with E-state index in [0.717, 1.165) is 24.3 Å². The summed E-state index contributed by atoms with van der Waals surface area (Å²) >= 11 is 0. The Labute approximate surface area is 103 Å². The van der Waals surface area contributed by atoms with Crippen LogP contribution in [-0.4, -0.2) is 25.9 Å². The van der Waals surface area contributed by atoms with Gasteiger partial charge in [0.05, 0.1) is 9.79 Å². The van der Waals surface area contributed by atoms with E-state index in [-0.39, 0.29) is 10.8 Å². The first-order chi connectivity index (χ1) is 8.19. The molecule has 8 heteroatoms. The summed E-state index contributed by atoms with van der Waals surface area (Å²) in [5.74, 6) is 0. The van der Waals surface area contributed by atoms with E-state index in [1.807, 2.05) is 0 Å². The maximum absolute atomic E-state index is 11.0. The van der Waals surface area contributed by atoms with Gasteiger partial charge in [0.25, 0.3) is 0 Å². The molecule has 0 unspecified atom stereocenters. The van der Waals surface area contributed by atoms with Crippen molar-refractivity contribution in [1.82, 2.24) is 0 Å². The molecule has 0 atom stereocenters. The van der Waals surface area contributed by atoms with Crippen LogP contribution in [-0.2, 0) is 20.2 Å². The molecule has 0 bridgehead atoms. The third kappa shape index (κ3) is 2.36. The van der Waals surface area contributed by atoms with Crippen LogP contribution in [0.1, 0.15) is 0 Å². The second-order valence-corrected chi connectivity index (χ2v) is 6.28. The van der Waals surface area contributed by atoms with Gasteiger partial charge in [0.1, 0.15) is 20.2 Å². The summed E-state index contributed by atoms with van der Waals surface area (Å²) < 4.78 is 65.4. The van der Waals surface area contributed by atoms with Crippen LogP contribution in [0.5, 0.6) is 0 Å². The maximum atomic E-state index is 11.0. The molecule has 0 aliphatic heterocycles. The van der Waals surface area contributed by atoms with Gasteiger partial charge in [-0.15, -0.1) is 0 Å². The molecule has 0 radical (unpaired) electrons. The van der Waals surface area contributed by atoms with Gasteiger partial charge in [0.15, 0.2) is 0 Å². The molecule has 2 rings (SSSR count). The summed E-state index contributed by atoms with van der Waals surface area (Å²) in [6, 6.07) is 6.97. The molecule has 96 valence electrons. The fourth-order valence-electron chi connectivity index (χ4n) is 1.61. The monoisotopic (exact) mass is 286 g/mol. The average molecular weight is 286 g/mol. The summed E-state index contributed by atoms with van der Waals surface area (Å²) in [4.78, 5) is -0.926. The number of benzene rings is 2. The zero-order valence-electron chi connectivity index (χ0n) is 8.73. The fourth-order valence-corrected chi connectivity index (χ4v) is 2.81. The third-order valence-corrected chi connectivity index (χ3v) is 4.10. The van der Waals surface area contributed by atoms with Gasteiger partial charge in [-0.3, -0.25) is 0 Å². The summed E-state index contributed by atoms with van der Waals surface area (Å²) in [6.07, 6.45) is 0. The van der Waals surface area contributed by atoms with Gasteiger partial charge in [0, 0.05) is 0 Å². The van der Waals surface area contributed by atoms with E-state index in [1.165, 1.54) is 12.1 Å². The third-order valence-electron chi connectivity index (χ3n) is 2.37. The lowest BCUT2D eigenvalue weighted by molar-refractivity contribution is 0.462. The molecule has 0 N–H and O–H groups in total. The lowest BCUT2D eigenvalue weighted by Crippen LogP contribution is -2.01. The van der Waals surface area contributed by atoms with E-state index in [2.05, 4.69) is 0 Å². The average Bonchev–Trinajstić information content (AvgIpc) is 2.25. The minimum absolute atomic E-state index is 0.0832. The molecule has 0 amide bonds. The molecule has 0 aliphatic carbocycles. The highest BCUT2D eigenvalue weighted by Crippen LogP contribution is 2.25. The van der Waals surface area contributed by atoms with Gasteiger partial charge in [-0.25, -0.2) is 16.8 Å². The van der Waals surface area contributed by atoms with Crippen molar-refractivity contribution in [3.05, 3.63) is 36.4 Å². The van der Waals surface area contributed by atoms with E-state index < -0.39 is 30.0 Å². The smallest absolute Gasteiger partial charge is 0.125 e. The molecule has 0 fully saturated rings. The normalized spacial score (nSPS) is 12.8. The van der Waals surface area contributed by atoms with Crippen LogP contribution in [0, 0.1) is 0 Å². The standard InChI is InChI=1S/C10H8O6S2/c11-17(12,13)8-4-5-9-7(6-8)2-1-3-10(9)18(14,15)16/h1-6H,(H,11,12,13)(H,14,15,16)/p-2. The summed E-state index contributed by atoms with van der Waals surface area (Å²) in [7, 11) is -9.28. The molecule has 2 aromatic carbocycles. The van der Waals surface area contributed by atoms with Crippen molar-refractivity contribution in [2.45, 2.75) is 9.79 Å². The van der Waals surface area contributed by atoms with Crippen molar-refractivity contribution in [1.29, 1.82) is 0 Å². The number of rotatable bonds is 2. The minimum Gasteiger partial charge on any atom is -0.744 e. The summed E-state index contributed by atoms with van der Waals surface area (Å²) in [5, 5.41) is 0.281. The number of hydrogen-bond donors (Lipinski definition) is 0. The molecule has 0 saturated heterocycles. The molecule has 0 saturated carbocycles. The van der Waals surface area contributed by atoms with Gasteiger partial charge < -0.3 is 9.11 Å². The zero-order chi connectivity index (χ0) is 13.6. The Hall–Kier alpha value is -1.48. The van der Waals surface area contributed by atoms with Crippen molar-refractivity contribution in [2.75, 3.05) is 0 Å². The van der Waals surface area contributed by atoms with Gasteiger partial charge in [-0.1, -0.05) is 18.2 Å². The van der Waals surface area contributed by atoms with Gasteiger partial charge in [0.2, 0.25) is 0 Å². The highest BCUT2D eigenvalue weighted by atomic mass is 32.2. The molecular weight excluding hydrogens is 280 g/mol. The lowest BCUT2D eigenvalue weighted by atomic mass is 10.1. The Balaban J connectivity index is 2.85. The highest BCUT2D eigenvalue weighted by molar-refractivity contribution is 7.86. The fraction of sp³-hybridized carbons (Fsp3) is 0. The Kier molecular flexibility index (Phi) is 2.90. The SMILES string of the molecule is O=S(=O)([O-])c1ccc2c(S(=O)(=O)[O-])cccc2c1. The van der Waals surface area contributed by atoms with Crippen molar-refractivity contribution < 1.29 is 25.9 Å². The zero-order valence-corrected chi connectivity index (χ0v) is 10.4. The Morgan fingerprint density at radius 2 is 1.50 bits per heavy atom. The molecule has 2 aromatic rings. The first-order valence-corrected chi connectivity index (χ1v) is 7.46. The number of hydrogen-bond acceptors (Lipinski definition) is 6. The molecule has 0 aromatic heterocycles. The van der Waals surface area contributed by atoms with E-state index in [0.29, 0.717) is 0 Å². The summed E-state index contributed by atoms with van der Waals surface area (Å²) in [6.45, 7) is 0. The van der Waals surface area contributed by atoms with E-state index in [9.17, 15) is 25.9 Å². The van der Waals surface area contributed by atoms with Crippen LogP contribution < -0.4 is 0 Å². The predicted octanol–water partition coefficient (Wildman–Crippen LogP) is 0.648. The largest absolute Gasteiger partial charge is 0.744 e. The molecular formula is C10H6O6S2-2. The number of fused-ring (bicyclic) bond motifs is 1. The van der Waals surface area contributed by atoms with Crippen LogP contribution in [0.4, 0.5) is 0 Å². The quantitative estimate of drug-likeness (QED) is 0.748. The van der Waals surface area contributed by atoms with Gasteiger partial charge >= 0.3 is 0 Å². The van der Waals surface area contributed by atoms with Gasteiger partial charge in [-0.2, -0.15) is 0 Å². The first kappa shape index (κ1) is 13.0. The molecule has 0 heterocycles. The predicted molar refractivity (Wildman–Crippen MR) is 59.9 cm³/mol. The maximum Gasteiger partial charge on any atom is 0.125 e. The van der Waals surface area contributed by atoms with E-state index in [1.54, 1.807) is 0 Å². The first-order valence-electron chi connectivity index (χ1n) is 4.64. The molecule has 18 heavy (non-hydrogen) atoms. The topological polar surface area (TPSA) is 114 Å². The van der Waals surface area contributed by atoms with Crippen LogP contribution in [0.15, 0.2) is 46.2 Å². The molecule has 0 spiro atoms. The van der Waals surface area contributed by atoms with E-state index >= 15 is 0 Å². The molecule has 0 aliphatic rings. The minimum atomic E-state index is -4.66. The van der Waals surface area contributed by atoms with Crippen LogP contribution >= 0.6 is 0 Å². The summed E-state index contributed by atoms with van der Waals surface area (Å²) in [5.41, 5.74) is 0. The lowest BCUT2D eigenvalue weighted by Gasteiger charge is -2.12. The second-order valence-electron chi connectivity index (χ2n) is 3.55. The van der Waals surface area contributed by atoms with Crippen molar-refractivity contribution in [3.63, 3.8) is 0 Å². The van der Waals surface area contributed by atoms with Crippen molar-refractivity contribution in [2.24, 2.45) is 0 Å².